The SMILES string of the molecule is Cn1cc(C(NN)/C2=C/CCCCCC2)cn1. The van der Waals surface area contributed by atoms with Gasteiger partial charge in [0.2, 0.25) is 0 Å². The first-order chi connectivity index (χ1) is 8.31. The Morgan fingerprint density at radius 3 is 2.88 bits per heavy atom. The molecule has 4 heteroatoms. The summed E-state index contributed by atoms with van der Waals surface area (Å²) in [5, 5.41) is 4.22. The molecule has 1 aliphatic rings. The van der Waals surface area contributed by atoms with Gasteiger partial charge in [0.15, 0.2) is 0 Å². The smallest absolute Gasteiger partial charge is 0.0700 e. The molecular weight excluding hydrogens is 212 g/mol. The molecule has 0 spiro atoms. The van der Waals surface area contributed by atoms with Crippen LogP contribution in [-0.4, -0.2) is 9.78 Å². The average molecular weight is 234 g/mol. The summed E-state index contributed by atoms with van der Waals surface area (Å²) in [5.41, 5.74) is 5.50. The van der Waals surface area contributed by atoms with Crippen LogP contribution in [0.4, 0.5) is 0 Å². The van der Waals surface area contributed by atoms with E-state index in [-0.39, 0.29) is 6.04 Å². The minimum atomic E-state index is 0.127. The van der Waals surface area contributed by atoms with Gasteiger partial charge in [-0.3, -0.25) is 10.5 Å². The van der Waals surface area contributed by atoms with Crippen LogP contribution in [0.1, 0.15) is 50.1 Å². The molecule has 0 aliphatic heterocycles. The monoisotopic (exact) mass is 234 g/mol. The Morgan fingerprint density at radius 1 is 1.35 bits per heavy atom. The van der Waals surface area contributed by atoms with E-state index in [4.69, 9.17) is 5.84 Å². The standard InChI is InChI=1S/C13H22N4/c1-17-10-12(9-15-17)13(16-14)11-7-5-3-2-4-6-8-11/h7,9-10,13,16H,2-6,8,14H2,1H3/b11-7+. The number of allylic oxidation sites excluding steroid dienone is 1. The Kier molecular flexibility index (Phi) is 4.34. The highest BCUT2D eigenvalue weighted by atomic mass is 15.3. The van der Waals surface area contributed by atoms with Crippen molar-refractivity contribution in [3.63, 3.8) is 0 Å². The molecule has 0 aromatic carbocycles. The van der Waals surface area contributed by atoms with Crippen molar-refractivity contribution < 1.29 is 0 Å². The third-order valence-electron chi connectivity index (χ3n) is 3.42. The summed E-state index contributed by atoms with van der Waals surface area (Å²) in [4.78, 5) is 0. The van der Waals surface area contributed by atoms with Crippen LogP contribution in [0.5, 0.6) is 0 Å². The summed E-state index contributed by atoms with van der Waals surface area (Å²) in [6.45, 7) is 0. The van der Waals surface area contributed by atoms with E-state index in [1.165, 1.54) is 37.7 Å². The molecule has 0 fully saturated rings. The van der Waals surface area contributed by atoms with Gasteiger partial charge in [-0.15, -0.1) is 0 Å². The summed E-state index contributed by atoms with van der Waals surface area (Å²) in [5.74, 6) is 5.71. The van der Waals surface area contributed by atoms with Gasteiger partial charge in [0, 0.05) is 18.8 Å². The second kappa shape index (κ2) is 5.98. The van der Waals surface area contributed by atoms with Crippen molar-refractivity contribution in [2.45, 2.75) is 44.6 Å². The summed E-state index contributed by atoms with van der Waals surface area (Å²) in [6, 6.07) is 0.127. The first kappa shape index (κ1) is 12.3. The second-order valence-electron chi connectivity index (χ2n) is 4.78. The van der Waals surface area contributed by atoms with Crippen molar-refractivity contribution in [2.24, 2.45) is 12.9 Å². The number of hydrogen-bond acceptors (Lipinski definition) is 3. The van der Waals surface area contributed by atoms with Gasteiger partial charge < -0.3 is 0 Å². The summed E-state index contributed by atoms with van der Waals surface area (Å²) < 4.78 is 1.82. The fraction of sp³-hybridized carbons (Fsp3) is 0.615. The van der Waals surface area contributed by atoms with E-state index in [1.54, 1.807) is 0 Å². The molecule has 0 saturated carbocycles. The largest absolute Gasteiger partial charge is 0.275 e. The quantitative estimate of drug-likeness (QED) is 0.479. The fourth-order valence-electron chi connectivity index (χ4n) is 2.49. The molecule has 1 unspecified atom stereocenters. The van der Waals surface area contributed by atoms with Crippen LogP contribution in [0, 0.1) is 0 Å². The van der Waals surface area contributed by atoms with E-state index in [0.717, 1.165) is 12.0 Å². The molecule has 0 saturated heterocycles. The lowest BCUT2D eigenvalue weighted by Gasteiger charge is -2.20. The Hall–Kier alpha value is -1.13. The second-order valence-corrected chi connectivity index (χ2v) is 4.78. The highest BCUT2D eigenvalue weighted by Gasteiger charge is 2.17. The number of rotatable bonds is 3. The molecule has 2 rings (SSSR count). The maximum atomic E-state index is 5.71. The van der Waals surface area contributed by atoms with E-state index >= 15 is 0 Å². The molecule has 94 valence electrons. The van der Waals surface area contributed by atoms with Gasteiger partial charge in [-0.05, 0) is 25.7 Å². The minimum Gasteiger partial charge on any atom is -0.275 e. The van der Waals surface area contributed by atoms with E-state index in [9.17, 15) is 0 Å². The summed E-state index contributed by atoms with van der Waals surface area (Å²) >= 11 is 0. The number of nitrogens with zero attached hydrogens (tertiary/aromatic N) is 2. The van der Waals surface area contributed by atoms with E-state index in [1.807, 2.05) is 24.1 Å². The maximum Gasteiger partial charge on any atom is 0.0700 e. The van der Waals surface area contributed by atoms with Crippen LogP contribution < -0.4 is 11.3 Å². The maximum absolute atomic E-state index is 5.71. The third kappa shape index (κ3) is 3.17. The first-order valence-electron chi connectivity index (χ1n) is 6.45. The highest BCUT2D eigenvalue weighted by molar-refractivity contribution is 5.24. The molecule has 1 aliphatic carbocycles. The molecule has 1 aromatic heterocycles. The Morgan fingerprint density at radius 2 is 2.18 bits per heavy atom. The molecular formula is C13H22N4. The van der Waals surface area contributed by atoms with Crippen molar-refractivity contribution in [3.8, 4) is 0 Å². The van der Waals surface area contributed by atoms with Gasteiger partial charge in [0.25, 0.3) is 0 Å². The van der Waals surface area contributed by atoms with Crippen molar-refractivity contribution in [3.05, 3.63) is 29.6 Å². The van der Waals surface area contributed by atoms with Crippen LogP contribution >= 0.6 is 0 Å². The van der Waals surface area contributed by atoms with E-state index in [0.29, 0.717) is 0 Å². The average Bonchev–Trinajstić information content (AvgIpc) is 2.68. The zero-order valence-electron chi connectivity index (χ0n) is 10.5. The highest BCUT2D eigenvalue weighted by Crippen LogP contribution is 2.27. The normalized spacial score (nSPS) is 22.4. The molecule has 1 aromatic rings. The van der Waals surface area contributed by atoms with Crippen LogP contribution in [0.15, 0.2) is 24.0 Å². The van der Waals surface area contributed by atoms with Crippen molar-refractivity contribution in [1.82, 2.24) is 15.2 Å². The van der Waals surface area contributed by atoms with Gasteiger partial charge >= 0.3 is 0 Å². The Labute approximate surface area is 103 Å². The lowest BCUT2D eigenvalue weighted by molar-refractivity contribution is 0.555. The number of hydrogen-bond donors (Lipinski definition) is 2. The lowest BCUT2D eigenvalue weighted by Crippen LogP contribution is -2.29. The topological polar surface area (TPSA) is 55.9 Å². The molecule has 0 amide bonds. The van der Waals surface area contributed by atoms with Gasteiger partial charge in [-0.1, -0.05) is 24.5 Å². The fourth-order valence-corrected chi connectivity index (χ4v) is 2.49. The van der Waals surface area contributed by atoms with Gasteiger partial charge in [-0.2, -0.15) is 5.10 Å². The van der Waals surface area contributed by atoms with E-state index in [2.05, 4.69) is 16.6 Å². The molecule has 1 atom stereocenters. The molecule has 17 heavy (non-hydrogen) atoms. The van der Waals surface area contributed by atoms with Crippen molar-refractivity contribution in [2.75, 3.05) is 0 Å². The van der Waals surface area contributed by atoms with Gasteiger partial charge in [0.05, 0.1) is 12.2 Å². The first-order valence-corrected chi connectivity index (χ1v) is 6.45. The third-order valence-corrected chi connectivity index (χ3v) is 3.42. The summed E-state index contributed by atoms with van der Waals surface area (Å²) in [7, 11) is 1.93. The number of aryl methyl sites for hydroxylation is 1. The summed E-state index contributed by atoms with van der Waals surface area (Å²) in [6.07, 6.45) is 13.9. The molecule has 1 heterocycles. The van der Waals surface area contributed by atoms with Crippen molar-refractivity contribution in [1.29, 1.82) is 0 Å². The number of nitrogens with one attached hydrogen (secondary N) is 1. The number of nitrogens with two attached hydrogens (primary N) is 1. The van der Waals surface area contributed by atoms with Crippen LogP contribution in [-0.2, 0) is 7.05 Å². The minimum absolute atomic E-state index is 0.127. The molecule has 0 radical (unpaired) electrons. The Balaban J connectivity index is 2.16. The number of hydrazine groups is 1. The molecule has 0 bridgehead atoms. The van der Waals surface area contributed by atoms with Crippen LogP contribution in [0.3, 0.4) is 0 Å². The van der Waals surface area contributed by atoms with Crippen LogP contribution in [0.25, 0.3) is 0 Å². The zero-order chi connectivity index (χ0) is 12.1. The zero-order valence-corrected chi connectivity index (χ0v) is 10.5. The lowest BCUT2D eigenvalue weighted by atomic mass is 9.92. The Bertz CT molecular complexity index is 381. The molecule has 3 N–H and O–H groups in total. The predicted octanol–water partition coefficient (Wildman–Crippen LogP) is 2.21. The van der Waals surface area contributed by atoms with Crippen LogP contribution in [0.2, 0.25) is 0 Å². The van der Waals surface area contributed by atoms with E-state index < -0.39 is 0 Å². The predicted molar refractivity (Wildman–Crippen MR) is 69.1 cm³/mol. The molecule has 4 nitrogen and oxygen atoms in total. The van der Waals surface area contributed by atoms with Crippen molar-refractivity contribution >= 4 is 0 Å². The van der Waals surface area contributed by atoms with Gasteiger partial charge in [0.1, 0.15) is 0 Å². The number of aromatic nitrogens is 2. The van der Waals surface area contributed by atoms with Gasteiger partial charge in [-0.25, -0.2) is 5.43 Å².